The Morgan fingerprint density at radius 3 is 2.52 bits per heavy atom. The molecule has 4 rings (SSSR count). The fourth-order valence-electron chi connectivity index (χ4n) is 3.88. The predicted octanol–water partition coefficient (Wildman–Crippen LogP) is 4.48. The average molecular weight is 388 g/mol. The second kappa shape index (κ2) is 8.35. The highest BCUT2D eigenvalue weighted by molar-refractivity contribution is 5.95. The first-order valence-electron chi connectivity index (χ1n) is 9.83. The van der Waals surface area contributed by atoms with Crippen molar-refractivity contribution in [1.29, 1.82) is 0 Å². The van der Waals surface area contributed by atoms with Crippen LogP contribution in [0.5, 0.6) is 11.6 Å². The van der Waals surface area contributed by atoms with Gasteiger partial charge in [-0.25, -0.2) is 4.98 Å². The maximum Gasteiger partial charge on any atom is 0.253 e. The predicted molar refractivity (Wildman–Crippen MR) is 112 cm³/mol. The van der Waals surface area contributed by atoms with Crippen LogP contribution in [0.4, 0.5) is 0 Å². The molecule has 1 N–H and O–H groups in total. The molecule has 0 bridgehead atoms. The Bertz CT molecular complexity index is 993. The summed E-state index contributed by atoms with van der Waals surface area (Å²) in [6.07, 6.45) is 3.55. The van der Waals surface area contributed by atoms with Gasteiger partial charge in [0.1, 0.15) is 5.75 Å². The van der Waals surface area contributed by atoms with Crippen molar-refractivity contribution in [2.24, 2.45) is 0 Å². The molecular formula is C24H24N2O3. The lowest BCUT2D eigenvalue weighted by molar-refractivity contribution is 0.0713. The van der Waals surface area contributed by atoms with E-state index in [1.54, 1.807) is 19.4 Å². The number of nitrogens with zero attached hydrogens (tertiary/aromatic N) is 2. The van der Waals surface area contributed by atoms with E-state index in [4.69, 9.17) is 4.74 Å². The number of carbonyl (C=O) groups excluding carboxylic acids is 1. The fraction of sp³-hybridized carbons (Fsp3) is 0.250. The van der Waals surface area contributed by atoms with Crippen LogP contribution in [-0.2, 0) is 0 Å². The molecule has 2 heterocycles. The van der Waals surface area contributed by atoms with Crippen LogP contribution in [0.25, 0.3) is 11.1 Å². The van der Waals surface area contributed by atoms with Gasteiger partial charge >= 0.3 is 0 Å². The number of aromatic hydroxyl groups is 1. The van der Waals surface area contributed by atoms with Crippen molar-refractivity contribution >= 4 is 5.91 Å². The lowest BCUT2D eigenvalue weighted by Crippen LogP contribution is -2.37. The first kappa shape index (κ1) is 19.0. The molecule has 0 atom stereocenters. The van der Waals surface area contributed by atoms with Gasteiger partial charge in [-0.1, -0.05) is 24.3 Å². The number of phenols is 1. The normalized spacial score (nSPS) is 14.6. The number of hydrogen-bond donors (Lipinski definition) is 1. The Morgan fingerprint density at radius 2 is 1.83 bits per heavy atom. The second-order valence-electron chi connectivity index (χ2n) is 7.33. The number of phenolic OH excluding ortho intramolecular Hbond substituents is 1. The summed E-state index contributed by atoms with van der Waals surface area (Å²) in [5, 5.41) is 9.71. The first-order valence-corrected chi connectivity index (χ1v) is 9.83. The quantitative estimate of drug-likeness (QED) is 0.716. The monoisotopic (exact) mass is 388 g/mol. The van der Waals surface area contributed by atoms with Gasteiger partial charge in [0.25, 0.3) is 5.91 Å². The van der Waals surface area contributed by atoms with Crippen LogP contribution in [0.15, 0.2) is 66.9 Å². The Labute approximate surface area is 170 Å². The number of piperidine rings is 1. The molecular weight excluding hydrogens is 364 g/mol. The minimum atomic E-state index is 0.0580. The number of methoxy groups -OCH3 is 1. The Balaban J connectivity index is 1.45. The number of benzene rings is 2. The average Bonchev–Trinajstić information content (AvgIpc) is 2.79. The lowest BCUT2D eigenvalue weighted by atomic mass is 9.89. The number of amides is 1. The Morgan fingerprint density at radius 1 is 1.03 bits per heavy atom. The molecule has 0 saturated carbocycles. The van der Waals surface area contributed by atoms with Crippen molar-refractivity contribution < 1.29 is 14.6 Å². The van der Waals surface area contributed by atoms with E-state index in [0.717, 1.165) is 29.5 Å². The highest BCUT2D eigenvalue weighted by Gasteiger charge is 2.25. The Hall–Kier alpha value is -3.34. The number of rotatable bonds is 4. The zero-order chi connectivity index (χ0) is 20.2. The largest absolute Gasteiger partial charge is 0.508 e. The fourth-order valence-corrected chi connectivity index (χ4v) is 3.88. The minimum Gasteiger partial charge on any atom is -0.508 e. The number of ether oxygens (including phenoxy) is 1. The lowest BCUT2D eigenvalue weighted by Gasteiger charge is -2.32. The summed E-state index contributed by atoms with van der Waals surface area (Å²) in [6, 6.07) is 18.9. The topological polar surface area (TPSA) is 62.7 Å². The van der Waals surface area contributed by atoms with E-state index in [2.05, 4.69) is 4.98 Å². The molecule has 29 heavy (non-hydrogen) atoms. The Kier molecular flexibility index (Phi) is 5.47. The number of likely N-dealkylation sites (tertiary alicyclic amines) is 1. The summed E-state index contributed by atoms with van der Waals surface area (Å²) < 4.78 is 5.11. The van der Waals surface area contributed by atoms with Gasteiger partial charge in [0.05, 0.1) is 7.11 Å². The smallest absolute Gasteiger partial charge is 0.253 e. The van der Waals surface area contributed by atoms with Gasteiger partial charge in [-0.15, -0.1) is 0 Å². The molecule has 0 unspecified atom stereocenters. The van der Waals surface area contributed by atoms with E-state index in [9.17, 15) is 9.90 Å². The molecule has 148 valence electrons. The SMILES string of the molecule is COc1ccc(-c2cccc(C(=O)N3CCC(c4cccc(O)c4)CC3)c2)cn1. The molecule has 1 saturated heterocycles. The van der Waals surface area contributed by atoms with Gasteiger partial charge in [-0.3, -0.25) is 4.79 Å². The number of pyridine rings is 1. The third-order valence-electron chi connectivity index (χ3n) is 5.51. The number of carbonyl (C=O) groups is 1. The van der Waals surface area contributed by atoms with Crippen LogP contribution < -0.4 is 4.74 Å². The molecule has 2 aromatic carbocycles. The van der Waals surface area contributed by atoms with Gasteiger partial charge in [-0.2, -0.15) is 0 Å². The van der Waals surface area contributed by atoms with Crippen molar-refractivity contribution in [3.63, 3.8) is 0 Å². The van der Waals surface area contributed by atoms with E-state index in [-0.39, 0.29) is 5.91 Å². The van der Waals surface area contributed by atoms with Gasteiger partial charge < -0.3 is 14.7 Å². The zero-order valence-electron chi connectivity index (χ0n) is 16.4. The highest BCUT2D eigenvalue weighted by atomic mass is 16.5. The summed E-state index contributed by atoms with van der Waals surface area (Å²) in [7, 11) is 1.59. The van der Waals surface area contributed by atoms with Gasteiger partial charge in [0, 0.05) is 36.5 Å². The molecule has 0 aliphatic carbocycles. The van der Waals surface area contributed by atoms with Crippen molar-refractivity contribution in [2.75, 3.05) is 20.2 Å². The van der Waals surface area contributed by atoms with Crippen LogP contribution in [0.2, 0.25) is 0 Å². The molecule has 1 amide bonds. The van der Waals surface area contributed by atoms with Crippen molar-refractivity contribution in [3.8, 4) is 22.8 Å². The second-order valence-corrected chi connectivity index (χ2v) is 7.33. The van der Waals surface area contributed by atoms with Crippen LogP contribution >= 0.6 is 0 Å². The molecule has 0 radical (unpaired) electrons. The molecule has 3 aromatic rings. The van der Waals surface area contributed by atoms with Crippen LogP contribution in [0.1, 0.15) is 34.7 Å². The third-order valence-corrected chi connectivity index (χ3v) is 5.51. The minimum absolute atomic E-state index is 0.0580. The van der Waals surface area contributed by atoms with Crippen LogP contribution in [0.3, 0.4) is 0 Å². The molecule has 5 heteroatoms. The maximum atomic E-state index is 13.0. The van der Waals surface area contributed by atoms with E-state index < -0.39 is 0 Å². The first-order chi connectivity index (χ1) is 14.1. The summed E-state index contributed by atoms with van der Waals surface area (Å²) in [5.41, 5.74) is 3.74. The molecule has 1 aliphatic heterocycles. The standard InChI is InChI=1S/C24H24N2O3/c1-29-23-9-8-21(16-25-23)18-4-2-6-20(14-18)24(28)26-12-10-17(11-13-26)19-5-3-7-22(27)15-19/h2-9,14-17,27H,10-13H2,1H3. The maximum absolute atomic E-state index is 13.0. The van der Waals surface area contributed by atoms with Crippen molar-refractivity contribution in [1.82, 2.24) is 9.88 Å². The number of aromatic nitrogens is 1. The van der Waals surface area contributed by atoms with E-state index in [0.29, 0.717) is 36.2 Å². The number of hydrogen-bond acceptors (Lipinski definition) is 4. The molecule has 0 spiro atoms. The van der Waals surface area contributed by atoms with Crippen LogP contribution in [-0.4, -0.2) is 41.1 Å². The molecule has 1 aromatic heterocycles. The van der Waals surface area contributed by atoms with Crippen molar-refractivity contribution in [3.05, 3.63) is 78.0 Å². The summed E-state index contributed by atoms with van der Waals surface area (Å²) >= 11 is 0. The van der Waals surface area contributed by atoms with Gasteiger partial charge in [0.2, 0.25) is 5.88 Å². The third kappa shape index (κ3) is 4.24. The van der Waals surface area contributed by atoms with E-state index >= 15 is 0 Å². The van der Waals surface area contributed by atoms with E-state index in [1.165, 1.54) is 0 Å². The van der Waals surface area contributed by atoms with Crippen LogP contribution in [0, 0.1) is 0 Å². The van der Waals surface area contributed by atoms with Gasteiger partial charge in [0.15, 0.2) is 0 Å². The summed E-state index contributed by atoms with van der Waals surface area (Å²) in [4.78, 5) is 19.2. The summed E-state index contributed by atoms with van der Waals surface area (Å²) in [6.45, 7) is 1.43. The van der Waals surface area contributed by atoms with Crippen molar-refractivity contribution in [2.45, 2.75) is 18.8 Å². The van der Waals surface area contributed by atoms with Gasteiger partial charge in [-0.05, 0) is 60.2 Å². The molecule has 1 aliphatic rings. The zero-order valence-corrected chi connectivity index (χ0v) is 16.4. The molecule has 1 fully saturated rings. The van der Waals surface area contributed by atoms with E-state index in [1.807, 2.05) is 59.5 Å². The summed E-state index contributed by atoms with van der Waals surface area (Å²) in [5.74, 6) is 1.30. The highest BCUT2D eigenvalue weighted by Crippen LogP contribution is 2.30. The molecule has 5 nitrogen and oxygen atoms in total.